The van der Waals surface area contributed by atoms with Crippen molar-refractivity contribution < 1.29 is 9.53 Å². The van der Waals surface area contributed by atoms with E-state index in [2.05, 4.69) is 34.9 Å². The normalized spacial score (nSPS) is 13.7. The lowest BCUT2D eigenvalue weighted by Crippen LogP contribution is -2.41. The molecule has 0 fully saturated rings. The molecule has 1 aromatic carbocycles. The highest BCUT2D eigenvalue weighted by atomic mass is 35.5. The third-order valence-corrected chi connectivity index (χ3v) is 3.18. The molecule has 0 unspecified atom stereocenters. The molecule has 1 amide bonds. The number of rotatable bonds is 6. The predicted octanol–water partition coefficient (Wildman–Crippen LogP) is 0.928. The fourth-order valence-electron chi connectivity index (χ4n) is 2.32. The van der Waals surface area contributed by atoms with Gasteiger partial charge in [-0.15, -0.1) is 12.4 Å². The van der Waals surface area contributed by atoms with Crippen molar-refractivity contribution in [2.45, 2.75) is 18.9 Å². The van der Waals surface area contributed by atoms with E-state index in [1.54, 1.807) is 7.11 Å². The number of halogens is 1. The molecule has 106 valence electrons. The Balaban J connectivity index is 0.00000180. The van der Waals surface area contributed by atoms with Crippen LogP contribution in [0.2, 0.25) is 0 Å². The van der Waals surface area contributed by atoms with E-state index < -0.39 is 0 Å². The molecule has 0 radical (unpaired) electrons. The number of nitrogens with one attached hydrogen (secondary N) is 2. The number of benzene rings is 1. The van der Waals surface area contributed by atoms with Gasteiger partial charge < -0.3 is 15.4 Å². The van der Waals surface area contributed by atoms with Crippen LogP contribution in [0, 0.1) is 0 Å². The number of fused-ring (bicyclic) bond motifs is 1. The molecule has 0 saturated heterocycles. The maximum absolute atomic E-state index is 11.7. The summed E-state index contributed by atoms with van der Waals surface area (Å²) in [5.41, 5.74) is 2.71. The highest BCUT2D eigenvalue weighted by Gasteiger charge is 2.21. The molecule has 1 aromatic rings. The maximum atomic E-state index is 11.7. The average Bonchev–Trinajstić information content (AvgIpc) is 2.76. The first kappa shape index (κ1) is 16.0. The molecular weight excluding hydrogens is 264 g/mol. The van der Waals surface area contributed by atoms with Gasteiger partial charge in [0, 0.05) is 19.7 Å². The smallest absolute Gasteiger partial charge is 0.234 e. The second kappa shape index (κ2) is 8.15. The standard InChI is InChI=1S/C14H20N2O2.ClH/c1-18-7-6-15-10-14(17)16-13-8-11-4-2-3-5-12(11)9-13;/h2-5,13,15H,6-10H2,1H3,(H,16,17);1H. The third-order valence-electron chi connectivity index (χ3n) is 3.18. The van der Waals surface area contributed by atoms with Crippen LogP contribution in [0.3, 0.4) is 0 Å². The molecule has 2 N–H and O–H groups in total. The van der Waals surface area contributed by atoms with Gasteiger partial charge in [-0.25, -0.2) is 0 Å². The summed E-state index contributed by atoms with van der Waals surface area (Å²) in [5, 5.41) is 6.10. The molecule has 0 saturated carbocycles. The van der Waals surface area contributed by atoms with Crippen molar-refractivity contribution in [3.05, 3.63) is 35.4 Å². The number of hydrogen-bond donors (Lipinski definition) is 2. The van der Waals surface area contributed by atoms with Crippen molar-refractivity contribution in [1.82, 2.24) is 10.6 Å². The molecule has 19 heavy (non-hydrogen) atoms. The van der Waals surface area contributed by atoms with Gasteiger partial charge in [0.2, 0.25) is 5.91 Å². The van der Waals surface area contributed by atoms with Crippen molar-refractivity contribution in [3.63, 3.8) is 0 Å². The quantitative estimate of drug-likeness (QED) is 0.764. The maximum Gasteiger partial charge on any atom is 0.234 e. The lowest BCUT2D eigenvalue weighted by atomic mass is 10.1. The van der Waals surface area contributed by atoms with E-state index in [0.29, 0.717) is 19.7 Å². The van der Waals surface area contributed by atoms with Crippen LogP contribution in [0.15, 0.2) is 24.3 Å². The Hall–Kier alpha value is -1.10. The van der Waals surface area contributed by atoms with Crippen LogP contribution in [0.1, 0.15) is 11.1 Å². The number of carbonyl (C=O) groups is 1. The lowest BCUT2D eigenvalue weighted by Gasteiger charge is -2.12. The van der Waals surface area contributed by atoms with Crippen LogP contribution in [0.4, 0.5) is 0 Å². The van der Waals surface area contributed by atoms with Gasteiger partial charge in [0.15, 0.2) is 0 Å². The summed E-state index contributed by atoms with van der Waals surface area (Å²) in [4.78, 5) is 11.7. The van der Waals surface area contributed by atoms with E-state index in [9.17, 15) is 4.79 Å². The van der Waals surface area contributed by atoms with E-state index in [0.717, 1.165) is 12.8 Å². The summed E-state index contributed by atoms with van der Waals surface area (Å²) in [6, 6.07) is 8.63. The third kappa shape index (κ3) is 4.82. The summed E-state index contributed by atoms with van der Waals surface area (Å²) in [6.45, 7) is 1.69. The molecule has 1 aliphatic rings. The van der Waals surface area contributed by atoms with Crippen molar-refractivity contribution in [2.24, 2.45) is 0 Å². The van der Waals surface area contributed by atoms with Crippen LogP contribution in [0.25, 0.3) is 0 Å². The molecule has 2 rings (SSSR count). The van der Waals surface area contributed by atoms with Gasteiger partial charge in [0.05, 0.1) is 13.2 Å². The summed E-state index contributed by atoms with van der Waals surface area (Å²) in [7, 11) is 1.65. The Bertz CT molecular complexity index is 387. The van der Waals surface area contributed by atoms with Crippen LogP contribution in [0.5, 0.6) is 0 Å². The predicted molar refractivity (Wildman–Crippen MR) is 77.8 cm³/mol. The molecule has 0 aromatic heterocycles. The van der Waals surface area contributed by atoms with Gasteiger partial charge in [-0.2, -0.15) is 0 Å². The molecule has 0 bridgehead atoms. The fraction of sp³-hybridized carbons (Fsp3) is 0.500. The second-order valence-corrected chi connectivity index (χ2v) is 4.61. The Morgan fingerprint density at radius 1 is 1.32 bits per heavy atom. The van der Waals surface area contributed by atoms with Crippen LogP contribution < -0.4 is 10.6 Å². The van der Waals surface area contributed by atoms with Crippen LogP contribution >= 0.6 is 12.4 Å². The number of hydrogen-bond acceptors (Lipinski definition) is 3. The van der Waals surface area contributed by atoms with E-state index in [-0.39, 0.29) is 24.4 Å². The molecule has 0 spiro atoms. The summed E-state index contributed by atoms with van der Waals surface area (Å²) in [6.07, 6.45) is 1.89. The van der Waals surface area contributed by atoms with Crippen molar-refractivity contribution in [3.8, 4) is 0 Å². The van der Waals surface area contributed by atoms with E-state index in [1.807, 2.05) is 0 Å². The first-order valence-corrected chi connectivity index (χ1v) is 6.35. The van der Waals surface area contributed by atoms with Crippen molar-refractivity contribution >= 4 is 18.3 Å². The van der Waals surface area contributed by atoms with E-state index in [1.165, 1.54) is 11.1 Å². The molecule has 0 heterocycles. The lowest BCUT2D eigenvalue weighted by molar-refractivity contribution is -0.120. The van der Waals surface area contributed by atoms with Crippen molar-refractivity contribution in [1.29, 1.82) is 0 Å². The first-order chi connectivity index (χ1) is 8.79. The molecule has 1 aliphatic carbocycles. The number of amides is 1. The molecule has 5 heteroatoms. The zero-order chi connectivity index (χ0) is 12.8. The van der Waals surface area contributed by atoms with Crippen LogP contribution in [-0.4, -0.2) is 38.8 Å². The van der Waals surface area contributed by atoms with Gasteiger partial charge in [-0.05, 0) is 24.0 Å². The zero-order valence-electron chi connectivity index (χ0n) is 11.1. The second-order valence-electron chi connectivity index (χ2n) is 4.61. The Morgan fingerprint density at radius 3 is 2.53 bits per heavy atom. The number of methoxy groups -OCH3 is 1. The summed E-state index contributed by atoms with van der Waals surface area (Å²) >= 11 is 0. The van der Waals surface area contributed by atoms with E-state index in [4.69, 9.17) is 4.74 Å². The highest BCUT2D eigenvalue weighted by Crippen LogP contribution is 2.21. The van der Waals surface area contributed by atoms with Gasteiger partial charge in [0.1, 0.15) is 0 Å². The molecule has 4 nitrogen and oxygen atoms in total. The van der Waals surface area contributed by atoms with Crippen LogP contribution in [-0.2, 0) is 22.4 Å². The monoisotopic (exact) mass is 284 g/mol. The first-order valence-electron chi connectivity index (χ1n) is 6.35. The largest absolute Gasteiger partial charge is 0.383 e. The Kier molecular flexibility index (Phi) is 6.84. The average molecular weight is 285 g/mol. The zero-order valence-corrected chi connectivity index (χ0v) is 12.0. The minimum atomic E-state index is 0. The molecular formula is C14H21ClN2O2. The SMILES string of the molecule is COCCNCC(=O)NC1Cc2ccccc2C1.Cl. The Labute approximate surface area is 120 Å². The minimum absolute atomic E-state index is 0. The fourth-order valence-corrected chi connectivity index (χ4v) is 2.32. The van der Waals surface area contributed by atoms with Gasteiger partial charge in [-0.3, -0.25) is 4.79 Å². The minimum Gasteiger partial charge on any atom is -0.383 e. The summed E-state index contributed by atoms with van der Waals surface area (Å²) in [5.74, 6) is 0.0592. The van der Waals surface area contributed by atoms with Gasteiger partial charge in [-0.1, -0.05) is 24.3 Å². The van der Waals surface area contributed by atoms with Crippen molar-refractivity contribution in [2.75, 3.05) is 26.8 Å². The molecule has 0 aliphatic heterocycles. The number of carbonyl (C=O) groups excluding carboxylic acids is 1. The molecule has 0 atom stereocenters. The highest BCUT2D eigenvalue weighted by molar-refractivity contribution is 5.85. The summed E-state index contributed by atoms with van der Waals surface area (Å²) < 4.78 is 4.91. The number of ether oxygens (including phenoxy) is 1. The topological polar surface area (TPSA) is 50.4 Å². The van der Waals surface area contributed by atoms with Gasteiger partial charge >= 0.3 is 0 Å². The Morgan fingerprint density at radius 2 is 1.95 bits per heavy atom. The van der Waals surface area contributed by atoms with E-state index >= 15 is 0 Å². The van der Waals surface area contributed by atoms with Gasteiger partial charge in [0.25, 0.3) is 0 Å².